The predicted molar refractivity (Wildman–Crippen MR) is 74.3 cm³/mol. The van der Waals surface area contributed by atoms with Gasteiger partial charge in [0.1, 0.15) is 5.76 Å². The van der Waals surface area contributed by atoms with Crippen LogP contribution < -0.4 is 5.73 Å². The summed E-state index contributed by atoms with van der Waals surface area (Å²) in [6.07, 6.45) is 1.15. The van der Waals surface area contributed by atoms with E-state index in [-0.39, 0.29) is 0 Å². The molecule has 1 aromatic carbocycles. The van der Waals surface area contributed by atoms with E-state index in [1.807, 2.05) is 48.3 Å². The summed E-state index contributed by atoms with van der Waals surface area (Å²) in [7, 11) is 1.96. The van der Waals surface area contributed by atoms with E-state index in [1.165, 1.54) is 0 Å². The molecule has 0 amide bonds. The number of hydrogen-bond acceptors (Lipinski definition) is 4. The Morgan fingerprint density at radius 3 is 2.58 bits per heavy atom. The molecule has 0 aliphatic rings. The fourth-order valence-corrected chi connectivity index (χ4v) is 2.01. The van der Waals surface area contributed by atoms with Crippen molar-refractivity contribution in [2.24, 2.45) is 5.73 Å². The Kier molecular flexibility index (Phi) is 4.74. The number of furan rings is 1. The molecular formula is C15H20N2O2. The van der Waals surface area contributed by atoms with Gasteiger partial charge in [0.15, 0.2) is 0 Å². The molecule has 2 rings (SSSR count). The van der Waals surface area contributed by atoms with Crippen molar-refractivity contribution in [3.05, 3.63) is 59.5 Å². The number of hydrogen-bond donors (Lipinski definition) is 2. The van der Waals surface area contributed by atoms with Gasteiger partial charge in [-0.05, 0) is 30.3 Å². The van der Waals surface area contributed by atoms with E-state index in [9.17, 15) is 5.11 Å². The van der Waals surface area contributed by atoms with Gasteiger partial charge in [-0.3, -0.25) is 4.90 Å². The Bertz CT molecular complexity index is 479. The van der Waals surface area contributed by atoms with Crippen LogP contribution in [-0.2, 0) is 13.1 Å². The maximum absolute atomic E-state index is 10.2. The minimum absolute atomic E-state index is 0.508. The summed E-state index contributed by atoms with van der Waals surface area (Å²) in [6.45, 7) is 1.77. The standard InChI is InChI=1S/C15H20N2O2/c1-17(10-14-3-2-8-19-14)11-15(18)13-6-4-12(9-16)5-7-13/h2-8,15,18H,9-11,16H2,1H3. The third-order valence-electron chi connectivity index (χ3n) is 3.09. The van der Waals surface area contributed by atoms with Crippen LogP contribution in [0.3, 0.4) is 0 Å². The van der Waals surface area contributed by atoms with Gasteiger partial charge in [0, 0.05) is 13.1 Å². The lowest BCUT2D eigenvalue weighted by Crippen LogP contribution is -2.24. The summed E-state index contributed by atoms with van der Waals surface area (Å²) in [5, 5.41) is 10.2. The first-order valence-corrected chi connectivity index (χ1v) is 6.37. The minimum atomic E-state index is -0.508. The molecule has 19 heavy (non-hydrogen) atoms. The van der Waals surface area contributed by atoms with Gasteiger partial charge in [-0.15, -0.1) is 0 Å². The van der Waals surface area contributed by atoms with Gasteiger partial charge >= 0.3 is 0 Å². The van der Waals surface area contributed by atoms with Gasteiger partial charge in [-0.1, -0.05) is 24.3 Å². The number of nitrogens with zero attached hydrogens (tertiary/aromatic N) is 1. The molecule has 2 aromatic rings. The number of rotatable bonds is 6. The van der Waals surface area contributed by atoms with E-state index in [4.69, 9.17) is 10.2 Å². The van der Waals surface area contributed by atoms with Crippen LogP contribution in [0.4, 0.5) is 0 Å². The fourth-order valence-electron chi connectivity index (χ4n) is 2.01. The van der Waals surface area contributed by atoms with E-state index in [2.05, 4.69) is 0 Å². The second-order valence-corrected chi connectivity index (χ2v) is 4.74. The highest BCUT2D eigenvalue weighted by Crippen LogP contribution is 2.16. The van der Waals surface area contributed by atoms with Crippen LogP contribution in [0.5, 0.6) is 0 Å². The normalized spacial score (nSPS) is 12.8. The molecule has 0 aliphatic heterocycles. The zero-order valence-electron chi connectivity index (χ0n) is 11.1. The van der Waals surface area contributed by atoms with Crippen LogP contribution >= 0.6 is 0 Å². The van der Waals surface area contributed by atoms with Gasteiger partial charge in [0.2, 0.25) is 0 Å². The van der Waals surface area contributed by atoms with Gasteiger partial charge < -0.3 is 15.3 Å². The fraction of sp³-hybridized carbons (Fsp3) is 0.333. The zero-order chi connectivity index (χ0) is 13.7. The van der Waals surface area contributed by atoms with Crippen molar-refractivity contribution < 1.29 is 9.52 Å². The molecule has 102 valence electrons. The maximum atomic E-state index is 10.2. The molecule has 0 fully saturated rings. The van der Waals surface area contributed by atoms with Crippen LogP contribution in [0.15, 0.2) is 47.1 Å². The first-order chi connectivity index (χ1) is 9.19. The molecule has 0 aliphatic carbocycles. The quantitative estimate of drug-likeness (QED) is 0.832. The summed E-state index contributed by atoms with van der Waals surface area (Å²) in [4.78, 5) is 2.03. The van der Waals surface area contributed by atoms with Crippen molar-refractivity contribution >= 4 is 0 Å². The molecule has 0 spiro atoms. The van der Waals surface area contributed by atoms with E-state index in [0.29, 0.717) is 19.6 Å². The Labute approximate surface area is 113 Å². The molecule has 0 saturated heterocycles. The summed E-state index contributed by atoms with van der Waals surface area (Å²) >= 11 is 0. The SMILES string of the molecule is CN(Cc1ccco1)CC(O)c1ccc(CN)cc1. The van der Waals surface area contributed by atoms with Crippen molar-refractivity contribution in [2.75, 3.05) is 13.6 Å². The highest BCUT2D eigenvalue weighted by atomic mass is 16.3. The average molecular weight is 260 g/mol. The summed E-state index contributed by atoms with van der Waals surface area (Å²) in [5.41, 5.74) is 7.53. The molecule has 0 bridgehead atoms. The largest absolute Gasteiger partial charge is 0.468 e. The van der Waals surface area contributed by atoms with Gasteiger partial charge in [-0.2, -0.15) is 0 Å². The van der Waals surface area contributed by atoms with E-state index < -0.39 is 6.10 Å². The highest BCUT2D eigenvalue weighted by molar-refractivity contribution is 5.24. The average Bonchev–Trinajstić information content (AvgIpc) is 2.91. The molecule has 3 N–H and O–H groups in total. The van der Waals surface area contributed by atoms with E-state index in [1.54, 1.807) is 6.26 Å². The maximum Gasteiger partial charge on any atom is 0.117 e. The van der Waals surface area contributed by atoms with Crippen LogP contribution in [0.25, 0.3) is 0 Å². The topological polar surface area (TPSA) is 62.6 Å². The summed E-state index contributed by atoms with van der Waals surface area (Å²) < 4.78 is 5.28. The molecular weight excluding hydrogens is 240 g/mol. The number of aliphatic hydroxyl groups excluding tert-OH is 1. The number of benzene rings is 1. The van der Waals surface area contributed by atoms with Gasteiger partial charge in [0.05, 0.1) is 18.9 Å². The Morgan fingerprint density at radius 2 is 2.00 bits per heavy atom. The number of nitrogens with two attached hydrogens (primary N) is 1. The van der Waals surface area contributed by atoms with Crippen molar-refractivity contribution in [1.29, 1.82) is 0 Å². The Morgan fingerprint density at radius 1 is 1.26 bits per heavy atom. The lowest BCUT2D eigenvalue weighted by atomic mass is 10.1. The summed E-state index contributed by atoms with van der Waals surface area (Å²) in [5.74, 6) is 0.896. The Balaban J connectivity index is 1.90. The van der Waals surface area contributed by atoms with E-state index in [0.717, 1.165) is 16.9 Å². The molecule has 1 atom stereocenters. The summed E-state index contributed by atoms with van der Waals surface area (Å²) in [6, 6.07) is 11.5. The van der Waals surface area contributed by atoms with Gasteiger partial charge in [0.25, 0.3) is 0 Å². The molecule has 0 saturated carbocycles. The minimum Gasteiger partial charge on any atom is -0.468 e. The molecule has 1 aromatic heterocycles. The van der Waals surface area contributed by atoms with Crippen molar-refractivity contribution in [1.82, 2.24) is 4.90 Å². The lowest BCUT2D eigenvalue weighted by Gasteiger charge is -2.20. The third-order valence-corrected chi connectivity index (χ3v) is 3.09. The monoisotopic (exact) mass is 260 g/mol. The molecule has 0 radical (unpaired) electrons. The second-order valence-electron chi connectivity index (χ2n) is 4.74. The van der Waals surface area contributed by atoms with Gasteiger partial charge in [-0.25, -0.2) is 0 Å². The van der Waals surface area contributed by atoms with Crippen molar-refractivity contribution in [3.8, 4) is 0 Å². The number of aliphatic hydroxyl groups is 1. The molecule has 1 heterocycles. The van der Waals surface area contributed by atoms with Crippen molar-refractivity contribution in [2.45, 2.75) is 19.2 Å². The lowest BCUT2D eigenvalue weighted by molar-refractivity contribution is 0.120. The Hall–Kier alpha value is -1.62. The number of likely N-dealkylation sites (N-methyl/N-ethyl adjacent to an activating group) is 1. The predicted octanol–water partition coefficient (Wildman–Crippen LogP) is 1.90. The third kappa shape index (κ3) is 3.92. The van der Waals surface area contributed by atoms with Crippen LogP contribution in [0.1, 0.15) is 23.0 Å². The highest BCUT2D eigenvalue weighted by Gasteiger charge is 2.11. The molecule has 1 unspecified atom stereocenters. The first kappa shape index (κ1) is 13.8. The molecule has 4 nitrogen and oxygen atoms in total. The first-order valence-electron chi connectivity index (χ1n) is 6.37. The van der Waals surface area contributed by atoms with Crippen LogP contribution in [0.2, 0.25) is 0 Å². The van der Waals surface area contributed by atoms with E-state index >= 15 is 0 Å². The second kappa shape index (κ2) is 6.52. The molecule has 4 heteroatoms. The van der Waals surface area contributed by atoms with Crippen molar-refractivity contribution in [3.63, 3.8) is 0 Å². The van der Waals surface area contributed by atoms with Crippen LogP contribution in [-0.4, -0.2) is 23.6 Å². The smallest absolute Gasteiger partial charge is 0.117 e. The zero-order valence-corrected chi connectivity index (χ0v) is 11.1. The van der Waals surface area contributed by atoms with Crippen LogP contribution in [0, 0.1) is 0 Å².